The van der Waals surface area contributed by atoms with Crippen LogP contribution in [-0.2, 0) is 6.61 Å². The van der Waals surface area contributed by atoms with Crippen molar-refractivity contribution in [1.82, 2.24) is 0 Å². The number of carbonyl (C=O) groups is 2. The lowest BCUT2D eigenvalue weighted by molar-refractivity contribution is 0.0696. The number of carboxylic acid groups (broad SMARTS) is 2. The van der Waals surface area contributed by atoms with Gasteiger partial charge in [0.15, 0.2) is 0 Å². The molecule has 0 amide bonds. The van der Waals surface area contributed by atoms with Crippen LogP contribution in [0, 0.1) is 0 Å². The molecule has 0 saturated heterocycles. The molecule has 2 aromatic carbocycles. The highest BCUT2D eigenvalue weighted by molar-refractivity contribution is 5.94. The van der Waals surface area contributed by atoms with Crippen molar-refractivity contribution in [3.8, 4) is 17.2 Å². The monoisotopic (exact) mass is 500 g/mol. The van der Waals surface area contributed by atoms with Crippen molar-refractivity contribution < 1.29 is 34.0 Å². The lowest BCUT2D eigenvalue weighted by Gasteiger charge is -2.14. The minimum absolute atomic E-state index is 0.114. The summed E-state index contributed by atoms with van der Waals surface area (Å²) in [6, 6.07) is 9.38. The summed E-state index contributed by atoms with van der Waals surface area (Å²) in [5, 5.41) is 18.6. The normalized spacial score (nSPS) is 10.7. The van der Waals surface area contributed by atoms with Crippen LogP contribution in [0.3, 0.4) is 0 Å². The molecule has 0 aliphatic carbocycles. The average Bonchev–Trinajstić information content (AvgIpc) is 2.86. The summed E-state index contributed by atoms with van der Waals surface area (Å²) in [5.74, 6) is -0.872. The molecule has 2 aromatic rings. The van der Waals surface area contributed by atoms with Gasteiger partial charge in [-0.15, -0.1) is 0 Å². The fourth-order valence-corrected chi connectivity index (χ4v) is 3.77. The highest BCUT2D eigenvalue weighted by atomic mass is 16.5. The molecule has 0 saturated carbocycles. The van der Waals surface area contributed by atoms with Crippen LogP contribution in [0.4, 0.5) is 0 Å². The van der Waals surface area contributed by atoms with Gasteiger partial charge in [-0.2, -0.15) is 0 Å². The van der Waals surface area contributed by atoms with E-state index in [9.17, 15) is 19.8 Å². The Balaban J connectivity index is 2.07. The van der Waals surface area contributed by atoms with Crippen LogP contribution in [-0.4, -0.2) is 35.4 Å². The topological polar surface area (TPSA) is 102 Å². The zero-order valence-corrected chi connectivity index (χ0v) is 21.6. The van der Waals surface area contributed by atoms with Gasteiger partial charge in [0.25, 0.3) is 0 Å². The Kier molecular flexibility index (Phi) is 13.3. The van der Waals surface area contributed by atoms with Gasteiger partial charge < -0.3 is 24.4 Å². The molecular formula is C29H40O7. The Morgan fingerprint density at radius 2 is 1.03 bits per heavy atom. The predicted molar refractivity (Wildman–Crippen MR) is 140 cm³/mol. The zero-order valence-electron chi connectivity index (χ0n) is 21.6. The molecule has 2 N–H and O–H groups in total. The fourth-order valence-electron chi connectivity index (χ4n) is 3.77. The first-order chi connectivity index (χ1) is 17.4. The van der Waals surface area contributed by atoms with Gasteiger partial charge in [-0.25, -0.2) is 9.59 Å². The van der Waals surface area contributed by atoms with Crippen molar-refractivity contribution >= 4 is 11.9 Å². The van der Waals surface area contributed by atoms with Crippen LogP contribution in [0.25, 0.3) is 0 Å². The van der Waals surface area contributed by atoms with Crippen LogP contribution in [0.15, 0.2) is 36.4 Å². The summed E-state index contributed by atoms with van der Waals surface area (Å²) < 4.78 is 17.8. The van der Waals surface area contributed by atoms with Crippen LogP contribution in [0.2, 0.25) is 0 Å². The minimum Gasteiger partial charge on any atom is -0.493 e. The smallest absolute Gasteiger partial charge is 0.335 e. The summed E-state index contributed by atoms with van der Waals surface area (Å²) in [5.41, 5.74) is 0.506. The van der Waals surface area contributed by atoms with Crippen molar-refractivity contribution in [3.05, 3.63) is 53.1 Å². The van der Waals surface area contributed by atoms with E-state index in [0.717, 1.165) is 37.3 Å². The maximum atomic E-state index is 11.4. The largest absolute Gasteiger partial charge is 0.493 e. The van der Waals surface area contributed by atoms with Gasteiger partial charge in [-0.3, -0.25) is 0 Å². The summed E-state index contributed by atoms with van der Waals surface area (Å²) in [6.45, 7) is 5.73. The highest BCUT2D eigenvalue weighted by Gasteiger charge is 2.13. The van der Waals surface area contributed by atoms with E-state index in [1.165, 1.54) is 50.7 Å². The number of hydrogen-bond donors (Lipinski definition) is 2. The lowest BCUT2D eigenvalue weighted by atomic mass is 10.1. The van der Waals surface area contributed by atoms with E-state index in [2.05, 4.69) is 13.8 Å². The van der Waals surface area contributed by atoms with Crippen molar-refractivity contribution in [2.45, 2.75) is 84.7 Å². The Morgan fingerprint density at radius 3 is 1.47 bits per heavy atom. The van der Waals surface area contributed by atoms with Crippen LogP contribution in [0.1, 0.15) is 104 Å². The molecule has 0 aliphatic rings. The standard InChI is InChI=1S/C29H40O7/c1-3-5-7-9-11-13-34-25-15-22(16-26(20-25)35-14-12-10-8-6-4-2)21-36-27-18-23(28(30)31)17-24(19-27)29(32)33/h15-20H,3-14,21H2,1-2H3,(H,30,31)(H,32,33). The Hall–Kier alpha value is -3.22. The minimum atomic E-state index is -1.22. The number of benzene rings is 2. The van der Waals surface area contributed by atoms with E-state index in [4.69, 9.17) is 14.2 Å². The molecular weight excluding hydrogens is 460 g/mol. The zero-order chi connectivity index (χ0) is 26.2. The van der Waals surface area contributed by atoms with Crippen molar-refractivity contribution in [2.24, 2.45) is 0 Å². The molecule has 0 aliphatic heterocycles. The van der Waals surface area contributed by atoms with Gasteiger partial charge in [-0.05, 0) is 48.7 Å². The van der Waals surface area contributed by atoms with Crippen molar-refractivity contribution in [1.29, 1.82) is 0 Å². The first kappa shape index (κ1) is 29.0. The van der Waals surface area contributed by atoms with Crippen LogP contribution < -0.4 is 14.2 Å². The summed E-state index contributed by atoms with van der Waals surface area (Å²) in [4.78, 5) is 22.8. The lowest BCUT2D eigenvalue weighted by Crippen LogP contribution is -2.05. The number of unbranched alkanes of at least 4 members (excludes halogenated alkanes) is 8. The molecule has 2 rings (SSSR count). The molecule has 0 aromatic heterocycles. The molecule has 7 nitrogen and oxygen atoms in total. The fraction of sp³-hybridized carbons (Fsp3) is 0.517. The molecule has 0 heterocycles. The first-order valence-corrected chi connectivity index (χ1v) is 13.1. The average molecular weight is 501 g/mol. The summed E-state index contributed by atoms with van der Waals surface area (Å²) >= 11 is 0. The molecule has 0 unspecified atom stereocenters. The molecule has 198 valence electrons. The van der Waals surface area contributed by atoms with Crippen molar-refractivity contribution in [2.75, 3.05) is 13.2 Å². The van der Waals surface area contributed by atoms with E-state index < -0.39 is 11.9 Å². The molecule has 0 bridgehead atoms. The number of hydrogen-bond acceptors (Lipinski definition) is 5. The third-order valence-electron chi connectivity index (χ3n) is 5.78. The number of rotatable bonds is 19. The molecule has 7 heteroatoms. The van der Waals surface area contributed by atoms with E-state index in [-0.39, 0.29) is 23.5 Å². The van der Waals surface area contributed by atoms with Gasteiger partial charge in [0.1, 0.15) is 23.9 Å². The molecule has 36 heavy (non-hydrogen) atoms. The Morgan fingerprint density at radius 1 is 0.583 bits per heavy atom. The van der Waals surface area contributed by atoms with Crippen LogP contribution >= 0.6 is 0 Å². The van der Waals surface area contributed by atoms with E-state index in [1.54, 1.807) is 0 Å². The first-order valence-electron chi connectivity index (χ1n) is 13.1. The van der Waals surface area contributed by atoms with Crippen molar-refractivity contribution in [3.63, 3.8) is 0 Å². The Bertz CT molecular complexity index is 888. The molecule has 0 fully saturated rings. The quantitative estimate of drug-likeness (QED) is 0.194. The number of carboxylic acids is 2. The van der Waals surface area contributed by atoms with Gasteiger partial charge >= 0.3 is 11.9 Å². The second-order valence-electron chi connectivity index (χ2n) is 8.98. The van der Waals surface area contributed by atoms with Gasteiger partial charge in [0, 0.05) is 6.07 Å². The second kappa shape index (κ2) is 16.5. The molecule has 0 atom stereocenters. The SMILES string of the molecule is CCCCCCCOc1cc(COc2cc(C(=O)O)cc(C(=O)O)c2)cc(OCCCCCCC)c1. The van der Waals surface area contributed by atoms with E-state index >= 15 is 0 Å². The number of ether oxygens (including phenoxy) is 3. The van der Waals surface area contributed by atoms with Crippen LogP contribution in [0.5, 0.6) is 17.2 Å². The molecule has 0 radical (unpaired) electrons. The molecule has 0 spiro atoms. The van der Waals surface area contributed by atoms with Gasteiger partial charge in [0.05, 0.1) is 24.3 Å². The third kappa shape index (κ3) is 11.0. The predicted octanol–water partition coefficient (Wildman–Crippen LogP) is 7.36. The number of aromatic carboxylic acids is 2. The third-order valence-corrected chi connectivity index (χ3v) is 5.78. The van der Waals surface area contributed by atoms with E-state index in [0.29, 0.717) is 24.7 Å². The van der Waals surface area contributed by atoms with Gasteiger partial charge in [0.2, 0.25) is 0 Å². The summed E-state index contributed by atoms with van der Waals surface area (Å²) in [6.07, 6.45) is 11.5. The maximum Gasteiger partial charge on any atom is 0.335 e. The summed E-state index contributed by atoms with van der Waals surface area (Å²) in [7, 11) is 0. The highest BCUT2D eigenvalue weighted by Crippen LogP contribution is 2.26. The van der Waals surface area contributed by atoms with E-state index in [1.807, 2.05) is 18.2 Å². The Labute approximate surface area is 214 Å². The second-order valence-corrected chi connectivity index (χ2v) is 8.98. The maximum absolute atomic E-state index is 11.4. The van der Waals surface area contributed by atoms with Gasteiger partial charge in [-0.1, -0.05) is 65.2 Å².